The molecule has 0 aromatic heterocycles. The average Bonchev–Trinajstić information content (AvgIpc) is 2.63. The number of halogens is 2. The Hall–Kier alpha value is -0.00571. The van der Waals surface area contributed by atoms with Crippen molar-refractivity contribution in [1.29, 1.82) is 0 Å². The third-order valence-corrected chi connectivity index (χ3v) is 1.75. The molecule has 0 atom stereocenters. The Kier molecular flexibility index (Phi) is 7.40. The number of hydrogen-bond donors (Lipinski definition) is 0. The van der Waals surface area contributed by atoms with Gasteiger partial charge in [-0.2, -0.15) is 36.4 Å². The van der Waals surface area contributed by atoms with Crippen LogP contribution in [0.2, 0.25) is 10.0 Å². The summed E-state index contributed by atoms with van der Waals surface area (Å²) >= 11 is 10.9. The van der Waals surface area contributed by atoms with Gasteiger partial charge in [0.25, 0.3) is 0 Å². The molecule has 0 radical (unpaired) electrons. The summed E-state index contributed by atoms with van der Waals surface area (Å²) in [6.07, 6.45) is 0. The van der Waals surface area contributed by atoms with E-state index in [1.54, 1.807) is 0 Å². The summed E-state index contributed by atoms with van der Waals surface area (Å²) in [6, 6.07) is 15.0. The Bertz CT molecular complexity index is 252. The smallest absolute Gasteiger partial charge is 0.212 e. The summed E-state index contributed by atoms with van der Waals surface area (Å²) in [6.45, 7) is 0. The molecule has 0 bridgehead atoms. The van der Waals surface area contributed by atoms with E-state index < -0.39 is 0 Å². The van der Waals surface area contributed by atoms with E-state index in [1.807, 2.05) is 48.5 Å². The second kappa shape index (κ2) is 7.40. The van der Waals surface area contributed by atoms with Crippen LogP contribution in [0.25, 0.3) is 0 Å². The van der Waals surface area contributed by atoms with Crippen LogP contribution >= 0.6 is 23.2 Å². The fourth-order valence-corrected chi connectivity index (χ4v) is 0.992. The van der Waals surface area contributed by atoms with Crippen LogP contribution in [0.1, 0.15) is 0 Å². The van der Waals surface area contributed by atoms with Gasteiger partial charge >= 0.3 is 21.7 Å². The van der Waals surface area contributed by atoms with E-state index >= 15 is 0 Å². The molecule has 66 valence electrons. The Morgan fingerprint density at radius 2 is 1.23 bits per heavy atom. The Labute approximate surface area is 103 Å². The van der Waals surface area contributed by atoms with Crippen molar-refractivity contribution in [2.24, 2.45) is 0 Å². The van der Waals surface area contributed by atoms with Gasteiger partial charge in [-0.1, -0.05) is 10.0 Å². The molecule has 0 aliphatic heterocycles. The predicted molar refractivity (Wildman–Crippen MR) is 54.1 cm³/mol. The van der Waals surface area contributed by atoms with Gasteiger partial charge in [0.1, 0.15) is 0 Å². The van der Waals surface area contributed by atoms with Gasteiger partial charge in [-0.15, -0.1) is 23.2 Å². The van der Waals surface area contributed by atoms with Gasteiger partial charge in [0, 0.05) is 0 Å². The van der Waals surface area contributed by atoms with Gasteiger partial charge in [-0.05, 0) is 0 Å². The molecule has 0 aliphatic carbocycles. The molecule has 13 heavy (non-hydrogen) atoms. The van der Waals surface area contributed by atoms with Crippen molar-refractivity contribution >= 4 is 23.2 Å². The molecule has 0 amide bonds. The summed E-state index contributed by atoms with van der Waals surface area (Å²) in [5, 5.41) is 1.63. The van der Waals surface area contributed by atoms with Crippen LogP contribution in [-0.4, -0.2) is 0 Å². The molecule has 0 aliphatic rings. The van der Waals surface area contributed by atoms with E-state index in [0.717, 1.165) is 10.0 Å². The first-order chi connectivity index (χ1) is 5.79. The van der Waals surface area contributed by atoms with E-state index in [9.17, 15) is 0 Å². The molecular formula is C10H8Cl2Ti. The van der Waals surface area contributed by atoms with Crippen LogP contribution in [0, 0.1) is 0 Å². The predicted octanol–water partition coefficient (Wildman–Crippen LogP) is 4.12. The summed E-state index contributed by atoms with van der Waals surface area (Å²) in [7, 11) is 0. The normalized spacial score (nSPS) is 8.15. The first-order valence-electron chi connectivity index (χ1n) is 3.53. The van der Waals surface area contributed by atoms with Gasteiger partial charge < -0.3 is 0 Å². The van der Waals surface area contributed by atoms with Crippen LogP contribution < -0.4 is 0 Å². The van der Waals surface area contributed by atoms with E-state index in [4.69, 9.17) is 23.2 Å². The molecule has 0 nitrogen and oxygen atoms in total. The largest absolute Gasteiger partial charge is 2.00 e. The first-order valence-corrected chi connectivity index (χ1v) is 4.29. The molecule has 2 aromatic rings. The number of hydrogen-bond acceptors (Lipinski definition) is 0. The van der Waals surface area contributed by atoms with Crippen LogP contribution in [0.4, 0.5) is 0 Å². The monoisotopic (exact) mass is 246 g/mol. The minimum atomic E-state index is 0. The quantitative estimate of drug-likeness (QED) is 0.485. The van der Waals surface area contributed by atoms with E-state index in [1.165, 1.54) is 0 Å². The molecule has 0 fully saturated rings. The Balaban J connectivity index is 0.000000206. The SMILES string of the molecule is Clc1ccc[cH-]1.Clc1ccc[cH-]1.[Ti+2]. The van der Waals surface area contributed by atoms with Crippen molar-refractivity contribution < 1.29 is 21.7 Å². The van der Waals surface area contributed by atoms with Gasteiger partial charge in [0.15, 0.2) is 0 Å². The molecule has 3 heteroatoms. The number of rotatable bonds is 0. The third kappa shape index (κ3) is 6.12. The van der Waals surface area contributed by atoms with Crippen molar-refractivity contribution in [3.63, 3.8) is 0 Å². The third-order valence-electron chi connectivity index (χ3n) is 1.24. The zero-order chi connectivity index (χ0) is 8.81. The molecule has 0 spiro atoms. The second-order valence-electron chi connectivity index (χ2n) is 2.21. The van der Waals surface area contributed by atoms with Crippen LogP contribution in [0.15, 0.2) is 48.5 Å². The molecule has 0 saturated carbocycles. The molecular weight excluding hydrogens is 239 g/mol. The maximum atomic E-state index is 5.46. The van der Waals surface area contributed by atoms with Crippen LogP contribution in [0.5, 0.6) is 0 Å². The maximum absolute atomic E-state index is 5.46. The standard InChI is InChI=1S/2C5H4Cl.Ti/c2*6-5-3-1-2-4-5;/h2*1-4H;/q2*-1;+2. The van der Waals surface area contributed by atoms with Crippen molar-refractivity contribution in [2.75, 3.05) is 0 Å². The van der Waals surface area contributed by atoms with Crippen molar-refractivity contribution in [3.8, 4) is 0 Å². The Morgan fingerprint density at radius 3 is 1.31 bits per heavy atom. The van der Waals surface area contributed by atoms with Gasteiger partial charge in [0.05, 0.1) is 0 Å². The van der Waals surface area contributed by atoms with Crippen molar-refractivity contribution in [3.05, 3.63) is 58.6 Å². The maximum Gasteiger partial charge on any atom is 2.00 e. The summed E-state index contributed by atoms with van der Waals surface area (Å²) in [4.78, 5) is 0. The zero-order valence-corrected chi connectivity index (χ0v) is 9.95. The first kappa shape index (κ1) is 13.0. The van der Waals surface area contributed by atoms with Crippen molar-refractivity contribution in [1.82, 2.24) is 0 Å². The zero-order valence-electron chi connectivity index (χ0n) is 6.87. The van der Waals surface area contributed by atoms with E-state index in [2.05, 4.69) is 0 Å². The molecule has 0 unspecified atom stereocenters. The van der Waals surface area contributed by atoms with Crippen LogP contribution in [-0.2, 0) is 21.7 Å². The van der Waals surface area contributed by atoms with Crippen LogP contribution in [0.3, 0.4) is 0 Å². The Morgan fingerprint density at radius 1 is 0.846 bits per heavy atom. The molecule has 2 aromatic carbocycles. The molecule has 0 heterocycles. The van der Waals surface area contributed by atoms with Gasteiger partial charge in [-0.3, -0.25) is 0 Å². The van der Waals surface area contributed by atoms with Gasteiger partial charge in [0.2, 0.25) is 0 Å². The summed E-state index contributed by atoms with van der Waals surface area (Å²) in [5.41, 5.74) is 0. The summed E-state index contributed by atoms with van der Waals surface area (Å²) < 4.78 is 0. The minimum absolute atomic E-state index is 0. The fourth-order valence-electron chi connectivity index (χ4n) is 0.701. The molecule has 2 rings (SSSR count). The minimum Gasteiger partial charge on any atom is -0.212 e. The average molecular weight is 247 g/mol. The van der Waals surface area contributed by atoms with E-state index in [-0.39, 0.29) is 21.7 Å². The van der Waals surface area contributed by atoms with Gasteiger partial charge in [-0.25, -0.2) is 12.1 Å². The molecule has 0 N–H and O–H groups in total. The molecule has 0 saturated heterocycles. The second-order valence-corrected chi connectivity index (χ2v) is 3.08. The topological polar surface area (TPSA) is 0 Å². The summed E-state index contributed by atoms with van der Waals surface area (Å²) in [5.74, 6) is 0. The fraction of sp³-hybridized carbons (Fsp3) is 0. The van der Waals surface area contributed by atoms with E-state index in [0.29, 0.717) is 0 Å². The van der Waals surface area contributed by atoms with Crippen molar-refractivity contribution in [2.45, 2.75) is 0 Å².